The maximum atomic E-state index is 17.5. The van der Waals surface area contributed by atoms with Gasteiger partial charge in [-0.2, -0.15) is 9.97 Å². The van der Waals surface area contributed by atoms with Gasteiger partial charge in [0.2, 0.25) is 0 Å². The van der Waals surface area contributed by atoms with Gasteiger partial charge in [-0.05, 0) is 93.8 Å². The maximum Gasteiger partial charge on any atom is 0.415 e. The predicted octanol–water partition coefficient (Wildman–Crippen LogP) is 7.59. The molecule has 12 nitrogen and oxygen atoms in total. The molecule has 10 rings (SSSR count). The number of aromatic nitrogens is 3. The van der Waals surface area contributed by atoms with Gasteiger partial charge in [-0.1, -0.05) is 18.2 Å². The van der Waals surface area contributed by atoms with E-state index >= 15 is 4.39 Å². The van der Waals surface area contributed by atoms with E-state index in [9.17, 15) is 22.8 Å². The van der Waals surface area contributed by atoms with Crippen LogP contribution in [0.1, 0.15) is 70.8 Å². The van der Waals surface area contributed by atoms with Crippen LogP contribution in [-0.2, 0) is 11.2 Å². The van der Waals surface area contributed by atoms with E-state index < -0.39 is 53.8 Å². The van der Waals surface area contributed by atoms with Gasteiger partial charge in [0.15, 0.2) is 5.82 Å². The summed E-state index contributed by atoms with van der Waals surface area (Å²) in [7, 11) is 0. The number of likely N-dealkylation sites (tertiary alicyclic amines) is 1. The molecule has 4 aromatic rings. The summed E-state index contributed by atoms with van der Waals surface area (Å²) < 4.78 is 78.9. The van der Waals surface area contributed by atoms with E-state index in [0.717, 1.165) is 29.8 Å². The molecule has 4 atom stereocenters. The number of amides is 2. The monoisotopic (exact) mass is 805 g/mol. The number of alkyl halides is 3. The van der Waals surface area contributed by atoms with Crippen molar-refractivity contribution in [3.63, 3.8) is 0 Å². The number of piperidine rings is 2. The summed E-state index contributed by atoms with van der Waals surface area (Å²) in [6.45, 7) is 5.11. The Kier molecular flexibility index (Phi) is 9.75. The van der Waals surface area contributed by atoms with Crippen LogP contribution in [-0.4, -0.2) is 112 Å². The summed E-state index contributed by atoms with van der Waals surface area (Å²) in [6, 6.07) is 8.09. The minimum absolute atomic E-state index is 0.0287. The Labute approximate surface area is 333 Å². The number of anilines is 1. The highest BCUT2D eigenvalue weighted by Crippen LogP contribution is 2.43. The van der Waals surface area contributed by atoms with Gasteiger partial charge in [-0.15, -0.1) is 0 Å². The molecule has 1 N–H and O–H groups in total. The highest BCUT2D eigenvalue weighted by molar-refractivity contribution is 6.02. The first-order valence-electron chi connectivity index (χ1n) is 20.3. The number of halogens is 4. The molecule has 2 aromatic carbocycles. The van der Waals surface area contributed by atoms with Crippen LogP contribution in [0.25, 0.3) is 32.9 Å². The van der Waals surface area contributed by atoms with Gasteiger partial charge in [0.25, 0.3) is 5.92 Å². The van der Waals surface area contributed by atoms with E-state index in [1.807, 2.05) is 24.0 Å². The molecule has 2 amide bonds. The summed E-state index contributed by atoms with van der Waals surface area (Å²) in [4.78, 5) is 45.9. The number of ether oxygens (including phenoxy) is 3. The first kappa shape index (κ1) is 38.5. The molecule has 0 radical (unpaired) electrons. The fourth-order valence-corrected chi connectivity index (χ4v) is 9.79. The maximum absolute atomic E-state index is 17.5. The van der Waals surface area contributed by atoms with Crippen molar-refractivity contribution in [3.8, 4) is 23.0 Å². The summed E-state index contributed by atoms with van der Waals surface area (Å²) in [5.41, 5.74) is -0.239. The number of nitrogens with one attached hydrogen (secondary N) is 1. The quantitative estimate of drug-likeness (QED) is 0.207. The minimum Gasteiger partial charge on any atom is -0.461 e. The van der Waals surface area contributed by atoms with Gasteiger partial charge >= 0.3 is 18.2 Å². The lowest BCUT2D eigenvalue weighted by Gasteiger charge is -2.41. The van der Waals surface area contributed by atoms with E-state index in [2.05, 4.69) is 15.2 Å². The summed E-state index contributed by atoms with van der Waals surface area (Å²) in [6.07, 6.45) is 3.14. The zero-order valence-corrected chi connectivity index (χ0v) is 32.7. The molecular weight excluding hydrogens is 758 g/mol. The van der Waals surface area contributed by atoms with Crippen LogP contribution < -0.4 is 19.7 Å². The third kappa shape index (κ3) is 7.21. The van der Waals surface area contributed by atoms with Crippen molar-refractivity contribution in [3.05, 3.63) is 47.9 Å². The molecule has 6 aliphatic rings. The second-order valence-electron chi connectivity index (χ2n) is 17.1. The smallest absolute Gasteiger partial charge is 0.415 e. The number of rotatable bonds is 4. The largest absolute Gasteiger partial charge is 0.461 e. The molecule has 8 heterocycles. The van der Waals surface area contributed by atoms with Gasteiger partial charge < -0.3 is 24.4 Å². The zero-order chi connectivity index (χ0) is 40.4. The summed E-state index contributed by atoms with van der Waals surface area (Å²) in [5.74, 6) is -3.41. The van der Waals surface area contributed by atoms with E-state index in [0.29, 0.717) is 79.3 Å². The molecule has 4 fully saturated rings. The van der Waals surface area contributed by atoms with Crippen LogP contribution in [0.15, 0.2) is 36.5 Å². The Morgan fingerprint density at radius 3 is 2.79 bits per heavy atom. The number of carbonyl (C=O) groups is 2. The van der Waals surface area contributed by atoms with Gasteiger partial charge in [0.1, 0.15) is 35.6 Å². The molecule has 6 aliphatic heterocycles. The number of fused-ring (bicyclic) bond motifs is 7. The third-order valence-corrected chi connectivity index (χ3v) is 12.7. The Morgan fingerprint density at radius 1 is 1.09 bits per heavy atom. The lowest BCUT2D eigenvalue weighted by molar-refractivity contribution is -0.0704. The average Bonchev–Trinajstić information content (AvgIpc) is 3.71. The van der Waals surface area contributed by atoms with Crippen LogP contribution >= 0.6 is 0 Å². The molecule has 0 aliphatic carbocycles. The molecule has 58 heavy (non-hydrogen) atoms. The Hall–Kier alpha value is -4.99. The second-order valence-corrected chi connectivity index (χ2v) is 17.1. The van der Waals surface area contributed by atoms with E-state index in [-0.39, 0.29) is 49.0 Å². The van der Waals surface area contributed by atoms with Crippen molar-refractivity contribution in [2.24, 2.45) is 0 Å². The molecule has 0 saturated carbocycles. The van der Waals surface area contributed by atoms with Crippen molar-refractivity contribution in [2.75, 3.05) is 50.8 Å². The van der Waals surface area contributed by atoms with E-state index in [1.54, 1.807) is 19.1 Å². The summed E-state index contributed by atoms with van der Waals surface area (Å²) in [5, 5.41) is 4.59. The van der Waals surface area contributed by atoms with Gasteiger partial charge in [-0.25, -0.2) is 27.2 Å². The first-order valence-corrected chi connectivity index (χ1v) is 20.3. The highest BCUT2D eigenvalue weighted by atomic mass is 19.3. The SMILES string of the molecule is CC1CCC(F)(F)CN1C(=O)Oc1cc2c3c(cccc3c1)CCCOC(=O)N[C@]1(C)CCCN(C1)c1nc(OC[C@@]34CCCN3C[C@H](F)C4)nc3c(F)c-2ncc13. The molecule has 1 unspecified atom stereocenters. The predicted molar refractivity (Wildman–Crippen MR) is 208 cm³/mol. The number of carbonyl (C=O) groups excluding carboxylic acids is 2. The topological polar surface area (TPSA) is 122 Å². The van der Waals surface area contributed by atoms with Crippen molar-refractivity contribution in [2.45, 2.75) is 101 Å². The molecule has 4 saturated heterocycles. The minimum atomic E-state index is -3.05. The number of alkyl carbamates (subject to hydrolysis) is 1. The lowest BCUT2D eigenvalue weighted by atomic mass is 9.91. The number of hydrogen-bond donors (Lipinski definition) is 1. The standard InChI is InChI=1S/C42H47F4N7O5/c1-25-10-13-42(45,46)23-53(25)39(55)58-29-17-27-8-3-7-26-9-4-16-56-38(54)50-40(2)11-5-14-51(22-40)36-31-20-47-34(30(18-29)32(26)27)33(44)35(31)48-37(49-36)57-24-41-12-6-15-52(41)21-28(43)19-41/h3,7-8,17-18,20,25,28H,4-6,9-16,19,21-24H2,1-2H3,(H,50,54)/t25?,28-,40-,41+/m1/s1. The van der Waals surface area contributed by atoms with Crippen LogP contribution in [0.5, 0.6) is 11.8 Å². The van der Waals surface area contributed by atoms with Gasteiger partial charge in [-0.3, -0.25) is 14.8 Å². The van der Waals surface area contributed by atoms with Crippen molar-refractivity contribution < 1.29 is 41.4 Å². The molecule has 6 bridgehead atoms. The van der Waals surface area contributed by atoms with Crippen LogP contribution in [0.4, 0.5) is 33.0 Å². The van der Waals surface area contributed by atoms with Crippen LogP contribution in [0.2, 0.25) is 0 Å². The summed E-state index contributed by atoms with van der Waals surface area (Å²) >= 11 is 0. The molecule has 0 spiro atoms. The average molecular weight is 806 g/mol. The Balaban J connectivity index is 1.18. The van der Waals surface area contributed by atoms with Gasteiger partial charge in [0.05, 0.1) is 29.6 Å². The number of aryl methyl sites for hydroxylation is 1. The van der Waals surface area contributed by atoms with E-state index in [1.165, 1.54) is 12.3 Å². The number of pyridine rings is 1. The highest BCUT2D eigenvalue weighted by Gasteiger charge is 2.49. The molecule has 2 aromatic heterocycles. The Morgan fingerprint density at radius 2 is 1.93 bits per heavy atom. The number of hydrogen-bond acceptors (Lipinski definition) is 10. The van der Waals surface area contributed by atoms with Crippen LogP contribution in [0.3, 0.4) is 0 Å². The fourth-order valence-electron chi connectivity index (χ4n) is 9.79. The Bertz CT molecular complexity index is 2280. The van der Waals surface area contributed by atoms with Crippen LogP contribution in [0, 0.1) is 5.82 Å². The first-order chi connectivity index (χ1) is 27.8. The number of benzene rings is 2. The number of nitrogens with zero attached hydrogens (tertiary/aromatic N) is 6. The van der Waals surface area contributed by atoms with Crippen molar-refractivity contribution >= 4 is 39.7 Å². The zero-order valence-electron chi connectivity index (χ0n) is 32.7. The van der Waals surface area contributed by atoms with Crippen molar-refractivity contribution in [1.29, 1.82) is 0 Å². The second kappa shape index (κ2) is 14.7. The lowest BCUT2D eigenvalue weighted by Crippen LogP contribution is -2.57. The fraction of sp³-hybridized carbons (Fsp3) is 0.548. The molecular formula is C42H47F4N7O5. The van der Waals surface area contributed by atoms with Crippen molar-refractivity contribution in [1.82, 2.24) is 30.1 Å². The third-order valence-electron chi connectivity index (χ3n) is 12.7. The molecule has 308 valence electrons. The molecule has 16 heteroatoms. The van der Waals surface area contributed by atoms with Gasteiger partial charge in [0, 0.05) is 50.3 Å². The normalized spacial score (nSPS) is 27.4. The van der Waals surface area contributed by atoms with E-state index in [4.69, 9.17) is 24.2 Å².